The fourth-order valence-electron chi connectivity index (χ4n) is 4.52. The molecule has 2 aliphatic carbocycles. The van der Waals surface area contributed by atoms with E-state index in [-0.39, 0.29) is 23.8 Å². The molecule has 1 heterocycles. The van der Waals surface area contributed by atoms with E-state index in [1.54, 1.807) is 0 Å². The van der Waals surface area contributed by atoms with Crippen LogP contribution in [-0.2, 0) is 17.6 Å². The lowest BCUT2D eigenvalue weighted by Crippen LogP contribution is -2.18. The summed E-state index contributed by atoms with van der Waals surface area (Å²) in [6, 6.07) is 8.54. The molecule has 1 aromatic heterocycles. The van der Waals surface area contributed by atoms with Crippen molar-refractivity contribution in [1.82, 2.24) is 4.98 Å². The SMILES string of the molecule is CCc1ccc([C@@H]2CC(=O)c3c([nH]c(C(=O)OC4CCCC4)c3C)C2)cc1. The molecule has 0 saturated heterocycles. The summed E-state index contributed by atoms with van der Waals surface area (Å²) in [5, 5.41) is 0. The minimum absolute atomic E-state index is 0.0257. The third-order valence-corrected chi connectivity index (χ3v) is 6.13. The van der Waals surface area contributed by atoms with Gasteiger partial charge in [-0.05, 0) is 68.1 Å². The van der Waals surface area contributed by atoms with E-state index in [0.29, 0.717) is 17.7 Å². The summed E-state index contributed by atoms with van der Waals surface area (Å²) < 4.78 is 5.65. The highest BCUT2D eigenvalue weighted by Crippen LogP contribution is 2.35. The van der Waals surface area contributed by atoms with Crippen molar-refractivity contribution < 1.29 is 14.3 Å². The first-order valence-corrected chi connectivity index (χ1v) is 10.1. The molecular formula is C23H27NO3. The zero-order valence-electron chi connectivity index (χ0n) is 16.1. The van der Waals surface area contributed by atoms with Crippen LogP contribution in [-0.4, -0.2) is 22.8 Å². The number of nitrogens with one attached hydrogen (secondary N) is 1. The number of fused-ring (bicyclic) bond motifs is 1. The van der Waals surface area contributed by atoms with Gasteiger partial charge in [-0.25, -0.2) is 4.79 Å². The number of aromatic nitrogens is 1. The number of Topliss-reactive ketones (excluding diaryl/α,β-unsaturated/α-hetero) is 1. The van der Waals surface area contributed by atoms with E-state index in [2.05, 4.69) is 36.2 Å². The highest BCUT2D eigenvalue weighted by molar-refractivity contribution is 6.03. The smallest absolute Gasteiger partial charge is 0.355 e. The van der Waals surface area contributed by atoms with Crippen LogP contribution in [0.25, 0.3) is 0 Å². The quantitative estimate of drug-likeness (QED) is 0.784. The van der Waals surface area contributed by atoms with Crippen LogP contribution in [0, 0.1) is 6.92 Å². The summed E-state index contributed by atoms with van der Waals surface area (Å²) in [6.45, 7) is 3.99. The van der Waals surface area contributed by atoms with Crippen LogP contribution < -0.4 is 0 Å². The monoisotopic (exact) mass is 365 g/mol. The van der Waals surface area contributed by atoms with Gasteiger partial charge in [0, 0.05) is 17.7 Å². The molecule has 0 aliphatic heterocycles. The van der Waals surface area contributed by atoms with Gasteiger partial charge in [0.05, 0.1) is 0 Å². The van der Waals surface area contributed by atoms with Crippen LogP contribution in [0.2, 0.25) is 0 Å². The molecule has 1 saturated carbocycles. The number of carbonyl (C=O) groups excluding carboxylic acids is 2. The molecule has 1 aromatic carbocycles. The Labute approximate surface area is 160 Å². The minimum Gasteiger partial charge on any atom is -0.458 e. The molecule has 1 fully saturated rings. The van der Waals surface area contributed by atoms with Crippen LogP contribution >= 0.6 is 0 Å². The number of aryl methyl sites for hydroxylation is 1. The molecule has 1 atom stereocenters. The molecule has 4 nitrogen and oxygen atoms in total. The molecular weight excluding hydrogens is 338 g/mol. The summed E-state index contributed by atoms with van der Waals surface area (Å²) in [7, 11) is 0. The van der Waals surface area contributed by atoms with Gasteiger partial charge in [-0.3, -0.25) is 4.79 Å². The van der Waals surface area contributed by atoms with E-state index in [0.717, 1.165) is 49.8 Å². The molecule has 4 rings (SSSR count). The Kier molecular flexibility index (Phi) is 4.90. The van der Waals surface area contributed by atoms with Gasteiger partial charge in [0.25, 0.3) is 0 Å². The highest BCUT2D eigenvalue weighted by atomic mass is 16.5. The number of ether oxygens (including phenoxy) is 1. The summed E-state index contributed by atoms with van der Waals surface area (Å²) in [4.78, 5) is 28.7. The number of aromatic amines is 1. The van der Waals surface area contributed by atoms with Crippen molar-refractivity contribution in [3.05, 3.63) is 57.9 Å². The number of carbonyl (C=O) groups is 2. The van der Waals surface area contributed by atoms with Gasteiger partial charge in [0.15, 0.2) is 5.78 Å². The van der Waals surface area contributed by atoms with Crippen LogP contribution in [0.5, 0.6) is 0 Å². The molecule has 2 aliphatic rings. The Hall–Kier alpha value is -2.36. The van der Waals surface area contributed by atoms with Gasteiger partial charge < -0.3 is 9.72 Å². The first-order valence-electron chi connectivity index (χ1n) is 10.1. The standard InChI is InChI=1S/C23H27NO3/c1-3-15-8-10-16(11-9-15)17-12-19-21(20(25)13-17)14(2)22(24-19)23(26)27-18-6-4-5-7-18/h8-11,17-18,24H,3-7,12-13H2,1-2H3/t17-/m0/s1. The zero-order valence-corrected chi connectivity index (χ0v) is 16.1. The van der Waals surface area contributed by atoms with E-state index < -0.39 is 0 Å². The summed E-state index contributed by atoms with van der Waals surface area (Å²) >= 11 is 0. The average molecular weight is 365 g/mol. The second kappa shape index (κ2) is 7.34. The Morgan fingerprint density at radius 1 is 1.15 bits per heavy atom. The molecule has 0 unspecified atom stereocenters. The molecule has 1 N–H and O–H groups in total. The van der Waals surface area contributed by atoms with Crippen molar-refractivity contribution in [2.45, 2.75) is 70.8 Å². The van der Waals surface area contributed by atoms with Gasteiger partial charge >= 0.3 is 5.97 Å². The molecule has 4 heteroatoms. The lowest BCUT2D eigenvalue weighted by atomic mass is 9.81. The second-order valence-corrected chi connectivity index (χ2v) is 7.91. The van der Waals surface area contributed by atoms with Crippen LogP contribution in [0.1, 0.15) is 88.2 Å². The lowest BCUT2D eigenvalue weighted by molar-refractivity contribution is 0.0310. The predicted molar refractivity (Wildman–Crippen MR) is 104 cm³/mol. The van der Waals surface area contributed by atoms with Crippen molar-refractivity contribution in [3.8, 4) is 0 Å². The summed E-state index contributed by atoms with van der Waals surface area (Å²) in [5.41, 5.74) is 5.28. The van der Waals surface area contributed by atoms with E-state index in [4.69, 9.17) is 4.74 Å². The van der Waals surface area contributed by atoms with Crippen molar-refractivity contribution in [1.29, 1.82) is 0 Å². The number of ketones is 1. The number of esters is 1. The van der Waals surface area contributed by atoms with E-state index >= 15 is 0 Å². The maximum Gasteiger partial charge on any atom is 0.355 e. The van der Waals surface area contributed by atoms with Crippen molar-refractivity contribution in [2.75, 3.05) is 0 Å². The van der Waals surface area contributed by atoms with Crippen molar-refractivity contribution >= 4 is 11.8 Å². The number of rotatable bonds is 4. The van der Waals surface area contributed by atoms with Gasteiger partial charge in [0.1, 0.15) is 11.8 Å². The molecule has 0 spiro atoms. The van der Waals surface area contributed by atoms with Gasteiger partial charge in [-0.2, -0.15) is 0 Å². The van der Waals surface area contributed by atoms with Gasteiger partial charge in [-0.1, -0.05) is 31.2 Å². The molecule has 0 radical (unpaired) electrons. The second-order valence-electron chi connectivity index (χ2n) is 7.91. The number of hydrogen-bond acceptors (Lipinski definition) is 3. The topological polar surface area (TPSA) is 59.2 Å². The molecule has 27 heavy (non-hydrogen) atoms. The number of benzene rings is 1. The average Bonchev–Trinajstić information content (AvgIpc) is 3.29. The number of H-pyrrole nitrogens is 1. The van der Waals surface area contributed by atoms with Crippen molar-refractivity contribution in [3.63, 3.8) is 0 Å². The normalized spacial score (nSPS) is 19.9. The Balaban J connectivity index is 1.57. The predicted octanol–water partition coefficient (Wildman–Crippen LogP) is 4.90. The lowest BCUT2D eigenvalue weighted by Gasteiger charge is -2.22. The number of hydrogen-bond donors (Lipinski definition) is 1. The molecule has 0 amide bonds. The van der Waals surface area contributed by atoms with E-state index in [1.165, 1.54) is 11.1 Å². The van der Waals surface area contributed by atoms with Crippen LogP contribution in [0.4, 0.5) is 0 Å². The minimum atomic E-state index is -0.314. The third kappa shape index (κ3) is 3.45. The molecule has 142 valence electrons. The summed E-state index contributed by atoms with van der Waals surface area (Å²) in [5.74, 6) is -0.0346. The maximum atomic E-state index is 12.8. The van der Waals surface area contributed by atoms with Crippen LogP contribution in [0.3, 0.4) is 0 Å². The molecule has 0 bridgehead atoms. The van der Waals surface area contributed by atoms with Crippen molar-refractivity contribution in [2.24, 2.45) is 0 Å². The fourth-order valence-corrected chi connectivity index (χ4v) is 4.52. The zero-order chi connectivity index (χ0) is 19.0. The highest BCUT2D eigenvalue weighted by Gasteiger charge is 2.33. The molecule has 2 aromatic rings. The Morgan fingerprint density at radius 3 is 2.52 bits per heavy atom. The Bertz CT molecular complexity index is 856. The Morgan fingerprint density at radius 2 is 1.85 bits per heavy atom. The third-order valence-electron chi connectivity index (χ3n) is 6.13. The van der Waals surface area contributed by atoms with Gasteiger partial charge in [-0.15, -0.1) is 0 Å². The van der Waals surface area contributed by atoms with Crippen LogP contribution in [0.15, 0.2) is 24.3 Å². The fraction of sp³-hybridized carbons (Fsp3) is 0.478. The summed E-state index contributed by atoms with van der Waals surface area (Å²) in [6.07, 6.45) is 6.41. The van der Waals surface area contributed by atoms with E-state index in [1.807, 2.05) is 6.92 Å². The first-order chi connectivity index (χ1) is 13.1. The largest absolute Gasteiger partial charge is 0.458 e. The van der Waals surface area contributed by atoms with E-state index in [9.17, 15) is 9.59 Å². The maximum absolute atomic E-state index is 12.8. The van der Waals surface area contributed by atoms with Gasteiger partial charge in [0.2, 0.25) is 0 Å². The first kappa shape index (κ1) is 18.0.